The molecule has 0 unspecified atom stereocenters. The van der Waals surface area contributed by atoms with Crippen LogP contribution in [0.1, 0.15) is 0 Å². The van der Waals surface area contributed by atoms with E-state index in [-0.39, 0.29) is 18.2 Å². The van der Waals surface area contributed by atoms with Crippen molar-refractivity contribution in [3.8, 4) is 5.75 Å². The van der Waals surface area contributed by atoms with Gasteiger partial charge in [0.25, 0.3) is 11.6 Å². The van der Waals surface area contributed by atoms with Crippen molar-refractivity contribution in [1.29, 1.82) is 0 Å². The van der Waals surface area contributed by atoms with E-state index in [0.29, 0.717) is 23.9 Å². The van der Waals surface area contributed by atoms with Crippen molar-refractivity contribution < 1.29 is 14.5 Å². The molecule has 0 bridgehead atoms. The van der Waals surface area contributed by atoms with Crippen LogP contribution in [0.2, 0.25) is 5.02 Å². The molecule has 0 heterocycles. The van der Waals surface area contributed by atoms with E-state index in [1.807, 2.05) is 0 Å². The molecule has 0 radical (unpaired) electrons. The van der Waals surface area contributed by atoms with Crippen molar-refractivity contribution in [3.05, 3.63) is 63.7 Å². The minimum absolute atomic E-state index is 0.0354. The lowest BCUT2D eigenvalue weighted by atomic mass is 10.3. The normalized spacial score (nSPS) is 10.0. The maximum Gasteiger partial charge on any atom is 0.269 e. The van der Waals surface area contributed by atoms with Gasteiger partial charge in [-0.1, -0.05) is 11.6 Å². The van der Waals surface area contributed by atoms with Gasteiger partial charge < -0.3 is 15.4 Å². The molecule has 0 aliphatic rings. The van der Waals surface area contributed by atoms with Crippen LogP contribution in [0, 0.1) is 10.1 Å². The number of ether oxygens (including phenoxy) is 1. The number of halogens is 1. The molecule has 2 N–H and O–H groups in total. The van der Waals surface area contributed by atoms with Gasteiger partial charge in [-0.2, -0.15) is 0 Å². The molecule has 8 heteroatoms. The molecule has 0 spiro atoms. The number of carbonyl (C=O) groups is 1. The van der Waals surface area contributed by atoms with Gasteiger partial charge in [-0.15, -0.1) is 0 Å². The van der Waals surface area contributed by atoms with E-state index in [2.05, 4.69) is 10.6 Å². The van der Waals surface area contributed by atoms with Crippen LogP contribution in [-0.4, -0.2) is 30.5 Å². The molecule has 24 heavy (non-hydrogen) atoms. The van der Waals surface area contributed by atoms with Gasteiger partial charge in [-0.3, -0.25) is 14.9 Å². The first kappa shape index (κ1) is 17.6. The second-order valence-corrected chi connectivity index (χ2v) is 5.26. The van der Waals surface area contributed by atoms with Gasteiger partial charge in [0.1, 0.15) is 5.75 Å². The Balaban J connectivity index is 1.63. The van der Waals surface area contributed by atoms with E-state index in [4.69, 9.17) is 16.3 Å². The highest BCUT2D eigenvalue weighted by molar-refractivity contribution is 6.30. The third-order valence-electron chi connectivity index (χ3n) is 3.04. The molecule has 0 atom stereocenters. The lowest BCUT2D eigenvalue weighted by Crippen LogP contribution is -2.32. The minimum Gasteiger partial charge on any atom is -0.484 e. The first-order valence-corrected chi connectivity index (χ1v) is 7.56. The van der Waals surface area contributed by atoms with Crippen molar-refractivity contribution in [1.82, 2.24) is 5.32 Å². The van der Waals surface area contributed by atoms with Gasteiger partial charge in [-0.25, -0.2) is 0 Å². The van der Waals surface area contributed by atoms with Crippen LogP contribution in [0.4, 0.5) is 11.4 Å². The molecule has 0 saturated heterocycles. The van der Waals surface area contributed by atoms with E-state index in [1.54, 1.807) is 36.4 Å². The van der Waals surface area contributed by atoms with Crippen LogP contribution in [0.25, 0.3) is 0 Å². The van der Waals surface area contributed by atoms with Gasteiger partial charge in [0.2, 0.25) is 0 Å². The second kappa shape index (κ2) is 8.73. The third-order valence-corrected chi connectivity index (χ3v) is 3.29. The first-order valence-electron chi connectivity index (χ1n) is 7.18. The third kappa shape index (κ3) is 5.77. The molecule has 1 amide bonds. The van der Waals surface area contributed by atoms with E-state index in [1.165, 1.54) is 12.1 Å². The Morgan fingerprint density at radius 3 is 2.38 bits per heavy atom. The highest BCUT2D eigenvalue weighted by Gasteiger charge is 2.04. The van der Waals surface area contributed by atoms with Crippen molar-refractivity contribution in [2.24, 2.45) is 0 Å². The Labute approximate surface area is 143 Å². The van der Waals surface area contributed by atoms with Crippen LogP contribution in [0.5, 0.6) is 5.75 Å². The zero-order valence-corrected chi connectivity index (χ0v) is 13.5. The monoisotopic (exact) mass is 349 g/mol. The van der Waals surface area contributed by atoms with Gasteiger partial charge >= 0.3 is 0 Å². The fraction of sp³-hybridized carbons (Fsp3) is 0.188. The van der Waals surface area contributed by atoms with Crippen LogP contribution >= 0.6 is 11.6 Å². The Kier molecular flexibility index (Phi) is 6.39. The number of anilines is 1. The molecule has 0 saturated carbocycles. The zero-order valence-electron chi connectivity index (χ0n) is 12.7. The summed E-state index contributed by atoms with van der Waals surface area (Å²) in [6.45, 7) is 0.809. The van der Waals surface area contributed by atoms with Gasteiger partial charge in [0.05, 0.1) is 4.92 Å². The number of nitro groups is 1. The summed E-state index contributed by atoms with van der Waals surface area (Å²) in [6.07, 6.45) is 0. The predicted molar refractivity (Wildman–Crippen MR) is 91.5 cm³/mol. The van der Waals surface area contributed by atoms with Crippen molar-refractivity contribution in [2.75, 3.05) is 25.0 Å². The smallest absolute Gasteiger partial charge is 0.269 e. The Morgan fingerprint density at radius 2 is 1.75 bits per heavy atom. The molecule has 2 aromatic rings. The summed E-state index contributed by atoms with van der Waals surface area (Å²) in [5.41, 5.74) is 0.778. The number of nitrogens with zero attached hydrogens (tertiary/aromatic N) is 1. The molecule has 2 aromatic carbocycles. The van der Waals surface area contributed by atoms with Crippen molar-refractivity contribution in [2.45, 2.75) is 0 Å². The predicted octanol–water partition coefficient (Wildman–Crippen LogP) is 2.86. The average molecular weight is 350 g/mol. The summed E-state index contributed by atoms with van der Waals surface area (Å²) < 4.78 is 5.32. The molecular formula is C16H16ClN3O4. The molecule has 2 rings (SSSR count). The highest BCUT2D eigenvalue weighted by atomic mass is 35.5. The summed E-state index contributed by atoms with van der Waals surface area (Å²) in [7, 11) is 0. The summed E-state index contributed by atoms with van der Waals surface area (Å²) >= 11 is 5.76. The van der Waals surface area contributed by atoms with Crippen LogP contribution in [0.3, 0.4) is 0 Å². The van der Waals surface area contributed by atoms with Gasteiger partial charge in [0.15, 0.2) is 6.61 Å². The number of hydrogen-bond acceptors (Lipinski definition) is 5. The lowest BCUT2D eigenvalue weighted by molar-refractivity contribution is -0.384. The molecule has 0 aliphatic heterocycles. The maximum atomic E-state index is 11.6. The summed E-state index contributed by atoms with van der Waals surface area (Å²) in [5.74, 6) is 0.328. The standard InChI is InChI=1S/C16H16ClN3O4/c17-12-1-7-15(8-2-12)24-11-16(21)19-10-9-18-13-3-5-14(6-4-13)20(22)23/h1-8,18H,9-11H2,(H,19,21). The number of nitro benzene ring substituents is 1. The Hall–Kier alpha value is -2.80. The van der Waals surface area contributed by atoms with E-state index in [9.17, 15) is 14.9 Å². The Morgan fingerprint density at radius 1 is 1.08 bits per heavy atom. The quantitative estimate of drug-likeness (QED) is 0.434. The number of hydrogen-bond donors (Lipinski definition) is 2. The molecule has 7 nitrogen and oxygen atoms in total. The van der Waals surface area contributed by atoms with E-state index in [0.717, 1.165) is 5.69 Å². The second-order valence-electron chi connectivity index (χ2n) is 4.82. The molecule has 0 aliphatic carbocycles. The number of non-ortho nitro benzene ring substituents is 1. The summed E-state index contributed by atoms with van der Waals surface area (Å²) in [5, 5.41) is 16.9. The fourth-order valence-electron chi connectivity index (χ4n) is 1.84. The molecule has 126 valence electrons. The molecular weight excluding hydrogens is 334 g/mol. The minimum atomic E-state index is -0.454. The SMILES string of the molecule is O=C(COc1ccc(Cl)cc1)NCCNc1ccc([N+](=O)[O-])cc1. The summed E-state index contributed by atoms with van der Waals surface area (Å²) in [6, 6.07) is 12.8. The largest absolute Gasteiger partial charge is 0.484 e. The fourth-order valence-corrected chi connectivity index (χ4v) is 1.97. The number of amides is 1. The van der Waals surface area contributed by atoms with Crippen molar-refractivity contribution >= 4 is 28.9 Å². The topological polar surface area (TPSA) is 93.5 Å². The van der Waals surface area contributed by atoms with Crippen LogP contribution in [-0.2, 0) is 4.79 Å². The average Bonchev–Trinajstić information content (AvgIpc) is 2.58. The maximum absolute atomic E-state index is 11.6. The Bertz CT molecular complexity index is 689. The lowest BCUT2D eigenvalue weighted by Gasteiger charge is -2.09. The van der Waals surface area contributed by atoms with Crippen LogP contribution < -0.4 is 15.4 Å². The van der Waals surface area contributed by atoms with Crippen LogP contribution in [0.15, 0.2) is 48.5 Å². The van der Waals surface area contributed by atoms with Gasteiger partial charge in [-0.05, 0) is 36.4 Å². The number of nitrogens with one attached hydrogen (secondary N) is 2. The van der Waals surface area contributed by atoms with Crippen molar-refractivity contribution in [3.63, 3.8) is 0 Å². The first-order chi connectivity index (χ1) is 11.5. The van der Waals surface area contributed by atoms with E-state index < -0.39 is 4.92 Å². The molecule has 0 fully saturated rings. The number of carbonyl (C=O) groups excluding carboxylic acids is 1. The van der Waals surface area contributed by atoms with Gasteiger partial charge in [0, 0.05) is 35.9 Å². The molecule has 0 aromatic heterocycles. The highest BCUT2D eigenvalue weighted by Crippen LogP contribution is 2.15. The summed E-state index contributed by atoms with van der Waals surface area (Å²) in [4.78, 5) is 21.7. The zero-order chi connectivity index (χ0) is 17.4. The number of rotatable bonds is 8. The number of benzene rings is 2. The van der Waals surface area contributed by atoms with E-state index >= 15 is 0 Å².